The summed E-state index contributed by atoms with van der Waals surface area (Å²) in [5.41, 5.74) is 0.0982. The van der Waals surface area contributed by atoms with Gasteiger partial charge in [-0.1, -0.05) is 26.2 Å². The van der Waals surface area contributed by atoms with Crippen molar-refractivity contribution in [1.29, 1.82) is 0 Å². The Hall–Kier alpha value is -3.27. The Bertz CT molecular complexity index is 1590. The molecule has 2 aliphatic rings. The third kappa shape index (κ3) is 5.76. The van der Waals surface area contributed by atoms with E-state index in [0.29, 0.717) is 16.8 Å². The summed E-state index contributed by atoms with van der Waals surface area (Å²) in [7, 11) is -3.03. The van der Waals surface area contributed by atoms with Crippen molar-refractivity contribution in [2.45, 2.75) is 108 Å². The molecule has 2 aliphatic carbocycles. The average Bonchev–Trinajstić information content (AvgIpc) is 3.57. The zero-order valence-corrected chi connectivity index (χ0v) is 25.3. The number of nitrogens with zero attached hydrogens (tertiary/aromatic N) is 2. The molecule has 2 aromatic carbocycles. The Kier molecular flexibility index (Phi) is 8.23. The largest absolute Gasteiger partial charge is 0.495 e. The first kappa shape index (κ1) is 29.2. The zero-order valence-electron chi connectivity index (χ0n) is 24.4. The standard InChI is InChI=1S/C31H41N3O6S/c1-5-31(2,3)32-29(35)21-15-18-28(27(19-21)39-4)41(37,38)34-25-17-16-24(40-23-13-9-10-14-23)20-26(25)33(30(34)36)22-11-7-6-8-12-22/h15-20,22-23H,5-14H2,1-4H3,(H,32,35). The van der Waals surface area contributed by atoms with Crippen LogP contribution in [0.1, 0.15) is 101 Å². The first-order valence-electron chi connectivity index (χ1n) is 14.8. The smallest absolute Gasteiger partial charge is 0.343 e. The van der Waals surface area contributed by atoms with Crippen molar-refractivity contribution in [2.24, 2.45) is 0 Å². The predicted octanol–water partition coefficient (Wildman–Crippen LogP) is 5.79. The van der Waals surface area contributed by atoms with Crippen molar-refractivity contribution in [1.82, 2.24) is 13.9 Å². The van der Waals surface area contributed by atoms with Crippen LogP contribution in [0.15, 0.2) is 46.1 Å². The molecule has 10 heteroatoms. The van der Waals surface area contributed by atoms with Gasteiger partial charge in [-0.05, 0) is 89.1 Å². The van der Waals surface area contributed by atoms with Crippen molar-refractivity contribution in [3.63, 3.8) is 0 Å². The number of aromatic nitrogens is 2. The number of methoxy groups -OCH3 is 1. The van der Waals surface area contributed by atoms with Crippen LogP contribution in [0.25, 0.3) is 11.0 Å². The second kappa shape index (κ2) is 11.5. The van der Waals surface area contributed by atoms with Crippen LogP contribution in [-0.4, -0.2) is 41.6 Å². The van der Waals surface area contributed by atoms with Crippen molar-refractivity contribution < 1.29 is 22.7 Å². The number of rotatable bonds is 9. The highest BCUT2D eigenvalue weighted by molar-refractivity contribution is 7.90. The number of amides is 1. The number of imidazole rings is 1. The van der Waals surface area contributed by atoms with Gasteiger partial charge in [0, 0.05) is 23.2 Å². The topological polar surface area (TPSA) is 109 Å². The number of ether oxygens (including phenoxy) is 2. The van der Waals surface area contributed by atoms with Crippen LogP contribution in [0.5, 0.6) is 11.5 Å². The van der Waals surface area contributed by atoms with Gasteiger partial charge in [0.25, 0.3) is 15.9 Å². The molecule has 1 amide bonds. The summed E-state index contributed by atoms with van der Waals surface area (Å²) < 4.78 is 42.6. The Balaban J connectivity index is 1.61. The van der Waals surface area contributed by atoms with Gasteiger partial charge in [-0.25, -0.2) is 13.2 Å². The molecule has 41 heavy (non-hydrogen) atoms. The third-order valence-electron chi connectivity index (χ3n) is 8.63. The van der Waals surface area contributed by atoms with Crippen LogP contribution >= 0.6 is 0 Å². The molecule has 1 heterocycles. The van der Waals surface area contributed by atoms with E-state index in [1.807, 2.05) is 26.8 Å². The summed E-state index contributed by atoms with van der Waals surface area (Å²) in [6.07, 6.45) is 9.81. The summed E-state index contributed by atoms with van der Waals surface area (Å²) in [4.78, 5) is 26.7. The van der Waals surface area contributed by atoms with E-state index in [9.17, 15) is 18.0 Å². The van der Waals surface area contributed by atoms with Crippen molar-refractivity contribution in [2.75, 3.05) is 7.11 Å². The lowest BCUT2D eigenvalue weighted by atomic mass is 9.95. The SMILES string of the molecule is CCC(C)(C)NC(=O)c1ccc(S(=O)(=O)n2c(=O)n(C3CCCCC3)c3cc(OC4CCCC4)ccc32)c(OC)c1. The van der Waals surface area contributed by atoms with Gasteiger partial charge in [0.1, 0.15) is 16.4 Å². The van der Waals surface area contributed by atoms with Gasteiger partial charge in [0.2, 0.25) is 0 Å². The Morgan fingerprint density at radius 3 is 2.32 bits per heavy atom. The summed E-state index contributed by atoms with van der Waals surface area (Å²) >= 11 is 0. The Morgan fingerprint density at radius 1 is 0.976 bits per heavy atom. The van der Waals surface area contributed by atoms with Gasteiger partial charge in [-0.2, -0.15) is 3.97 Å². The van der Waals surface area contributed by atoms with E-state index in [1.54, 1.807) is 16.7 Å². The molecule has 0 spiro atoms. The first-order valence-corrected chi connectivity index (χ1v) is 16.2. The quantitative estimate of drug-likeness (QED) is 0.341. The predicted molar refractivity (Wildman–Crippen MR) is 159 cm³/mol. The van der Waals surface area contributed by atoms with Crippen LogP contribution in [0, 0.1) is 0 Å². The molecule has 0 atom stereocenters. The molecule has 0 saturated heterocycles. The van der Waals surface area contributed by atoms with Crippen LogP contribution in [-0.2, 0) is 10.0 Å². The van der Waals surface area contributed by atoms with Gasteiger partial charge < -0.3 is 14.8 Å². The number of carbonyl (C=O) groups is 1. The number of fused-ring (bicyclic) bond motifs is 1. The van der Waals surface area contributed by atoms with Crippen LogP contribution in [0.3, 0.4) is 0 Å². The second-order valence-corrected chi connectivity index (χ2v) is 13.7. The fourth-order valence-corrected chi connectivity index (χ4v) is 7.50. The molecular weight excluding hydrogens is 542 g/mol. The fourth-order valence-electron chi connectivity index (χ4n) is 5.96. The van der Waals surface area contributed by atoms with Gasteiger partial charge >= 0.3 is 5.69 Å². The second-order valence-electron chi connectivity index (χ2n) is 11.9. The molecule has 2 fully saturated rings. The molecule has 2 saturated carbocycles. The van der Waals surface area contributed by atoms with E-state index >= 15 is 0 Å². The molecule has 0 bridgehead atoms. The summed E-state index contributed by atoms with van der Waals surface area (Å²) in [6, 6.07) is 9.34. The highest BCUT2D eigenvalue weighted by atomic mass is 32.2. The Labute approximate surface area is 241 Å². The minimum Gasteiger partial charge on any atom is -0.495 e. The molecule has 0 aliphatic heterocycles. The first-order chi connectivity index (χ1) is 19.6. The maximum atomic E-state index is 14.2. The van der Waals surface area contributed by atoms with Crippen molar-refractivity contribution >= 4 is 27.0 Å². The fraction of sp³-hybridized carbons (Fsp3) is 0.548. The summed E-state index contributed by atoms with van der Waals surface area (Å²) in [6.45, 7) is 5.81. The maximum absolute atomic E-state index is 14.2. The minimum absolute atomic E-state index is 0.00129. The number of hydrogen-bond donors (Lipinski definition) is 1. The lowest BCUT2D eigenvalue weighted by Crippen LogP contribution is -2.42. The molecule has 1 aromatic heterocycles. The third-order valence-corrected chi connectivity index (χ3v) is 10.4. The highest BCUT2D eigenvalue weighted by Crippen LogP contribution is 2.35. The van der Waals surface area contributed by atoms with E-state index in [-0.39, 0.29) is 34.3 Å². The lowest BCUT2D eigenvalue weighted by Gasteiger charge is -2.24. The summed E-state index contributed by atoms with van der Waals surface area (Å²) in [5.74, 6) is 0.310. The normalized spacial score (nSPS) is 17.2. The molecule has 0 radical (unpaired) electrons. The maximum Gasteiger partial charge on any atom is 0.343 e. The zero-order chi connectivity index (χ0) is 29.4. The van der Waals surface area contributed by atoms with E-state index in [0.717, 1.165) is 68.2 Å². The minimum atomic E-state index is -4.39. The van der Waals surface area contributed by atoms with E-state index < -0.39 is 21.3 Å². The van der Waals surface area contributed by atoms with Gasteiger partial charge in [0.15, 0.2) is 0 Å². The average molecular weight is 584 g/mol. The molecular formula is C31H41N3O6S. The number of carbonyl (C=O) groups excluding carboxylic acids is 1. The number of nitrogens with one attached hydrogen (secondary N) is 1. The van der Waals surface area contributed by atoms with E-state index in [1.165, 1.54) is 25.3 Å². The van der Waals surface area contributed by atoms with Crippen LogP contribution in [0.2, 0.25) is 0 Å². The molecule has 3 aromatic rings. The molecule has 9 nitrogen and oxygen atoms in total. The van der Waals surface area contributed by atoms with E-state index in [2.05, 4.69) is 5.32 Å². The van der Waals surface area contributed by atoms with E-state index in [4.69, 9.17) is 9.47 Å². The van der Waals surface area contributed by atoms with Gasteiger partial charge in [0.05, 0.1) is 24.2 Å². The monoisotopic (exact) mass is 583 g/mol. The summed E-state index contributed by atoms with van der Waals surface area (Å²) in [5, 5.41) is 2.95. The van der Waals surface area contributed by atoms with Crippen molar-refractivity contribution in [3.05, 3.63) is 52.4 Å². The Morgan fingerprint density at radius 2 is 1.66 bits per heavy atom. The van der Waals surface area contributed by atoms with Crippen LogP contribution in [0.4, 0.5) is 0 Å². The van der Waals surface area contributed by atoms with Gasteiger partial charge in [-0.3, -0.25) is 9.36 Å². The number of benzene rings is 2. The molecule has 0 unspecified atom stereocenters. The molecule has 1 N–H and O–H groups in total. The lowest BCUT2D eigenvalue weighted by molar-refractivity contribution is 0.0910. The van der Waals surface area contributed by atoms with Crippen molar-refractivity contribution in [3.8, 4) is 11.5 Å². The molecule has 222 valence electrons. The van der Waals surface area contributed by atoms with Crippen LogP contribution < -0.4 is 20.5 Å². The molecule has 5 rings (SSSR count). The van der Waals surface area contributed by atoms with Gasteiger partial charge in [-0.15, -0.1) is 0 Å². The highest BCUT2D eigenvalue weighted by Gasteiger charge is 2.32. The number of hydrogen-bond acceptors (Lipinski definition) is 6.